The lowest BCUT2D eigenvalue weighted by atomic mass is 10.3. The third kappa shape index (κ3) is 1.00. The molecule has 4 heteroatoms. The summed E-state index contributed by atoms with van der Waals surface area (Å²) in [6, 6.07) is 1.95. The van der Waals surface area contributed by atoms with Crippen LogP contribution in [0.15, 0.2) is 0 Å². The number of hydrogen-bond acceptors (Lipinski definition) is 4. The van der Waals surface area contributed by atoms with E-state index in [9.17, 15) is 4.79 Å². The Hall–Kier alpha value is -1.08. The maximum absolute atomic E-state index is 10.4. The van der Waals surface area contributed by atoms with E-state index in [0.29, 0.717) is 6.42 Å². The van der Waals surface area contributed by atoms with Gasteiger partial charge in [0.2, 0.25) is 0 Å². The van der Waals surface area contributed by atoms with Gasteiger partial charge >= 0.3 is 5.97 Å². The molecule has 0 aromatic heterocycles. The van der Waals surface area contributed by atoms with Crippen molar-refractivity contribution in [3.63, 3.8) is 0 Å². The van der Waals surface area contributed by atoms with Crippen LogP contribution in [-0.4, -0.2) is 5.97 Å². The summed E-state index contributed by atoms with van der Waals surface area (Å²) in [6.07, 6.45) is 0.604. The van der Waals surface area contributed by atoms with Gasteiger partial charge in [-0.05, 0) is 6.42 Å². The van der Waals surface area contributed by atoms with Crippen molar-refractivity contribution in [3.05, 3.63) is 0 Å². The van der Waals surface area contributed by atoms with Gasteiger partial charge in [-0.2, -0.15) is 11.2 Å². The van der Waals surface area contributed by atoms with Crippen LogP contribution in [-0.2, 0) is 9.63 Å². The molecule has 0 heterocycles. The fourth-order valence-corrected chi connectivity index (χ4v) is 0.686. The Labute approximate surface area is 52.2 Å². The summed E-state index contributed by atoms with van der Waals surface area (Å²) in [4.78, 5) is 14.4. The Morgan fingerprint density at radius 2 is 2.56 bits per heavy atom. The molecule has 0 bridgehead atoms. The summed E-state index contributed by atoms with van der Waals surface area (Å²) >= 11 is 0. The maximum Gasteiger partial charge on any atom is 0.328 e. The number of nitriles is 1. The molecule has 1 rings (SSSR count). The second-order valence-corrected chi connectivity index (χ2v) is 2.01. The Morgan fingerprint density at radius 1 is 1.89 bits per heavy atom. The van der Waals surface area contributed by atoms with Crippen molar-refractivity contribution in [3.8, 4) is 6.07 Å². The van der Waals surface area contributed by atoms with Gasteiger partial charge < -0.3 is 4.84 Å². The molecule has 48 valence electrons. The number of carbonyl (C=O) groups excluding carboxylic acids is 1. The third-order valence-corrected chi connectivity index (χ3v) is 1.38. The van der Waals surface area contributed by atoms with Gasteiger partial charge in [0.05, 0.1) is 17.9 Å². The number of hydrogen-bond donors (Lipinski definition) is 1. The van der Waals surface area contributed by atoms with Crippen molar-refractivity contribution in [2.24, 2.45) is 17.7 Å². The minimum Gasteiger partial charge on any atom is -0.373 e. The fraction of sp³-hybridized carbons (Fsp3) is 0.600. The molecule has 1 saturated carbocycles. The van der Waals surface area contributed by atoms with Gasteiger partial charge in [0.25, 0.3) is 0 Å². The number of carbonyl (C=O) groups is 1. The van der Waals surface area contributed by atoms with E-state index in [1.807, 2.05) is 6.07 Å². The summed E-state index contributed by atoms with van der Waals surface area (Å²) < 4.78 is 0. The van der Waals surface area contributed by atoms with E-state index >= 15 is 0 Å². The molecule has 0 aromatic carbocycles. The smallest absolute Gasteiger partial charge is 0.328 e. The molecule has 2 N–H and O–H groups in total. The standard InChI is InChI=1S/C5H6N2O2/c6-2-3-1-4(3)5(8)9-7/h3-4H,1,7H2. The summed E-state index contributed by atoms with van der Waals surface area (Å²) in [5.74, 6) is 3.70. The van der Waals surface area contributed by atoms with Crippen LogP contribution in [0.4, 0.5) is 0 Å². The highest BCUT2D eigenvalue weighted by Gasteiger charge is 2.44. The van der Waals surface area contributed by atoms with E-state index in [1.54, 1.807) is 0 Å². The van der Waals surface area contributed by atoms with Crippen LogP contribution in [0.2, 0.25) is 0 Å². The molecule has 2 unspecified atom stereocenters. The molecule has 1 fully saturated rings. The lowest BCUT2D eigenvalue weighted by Crippen LogP contribution is -2.12. The van der Waals surface area contributed by atoms with E-state index in [-0.39, 0.29) is 11.8 Å². The highest BCUT2D eigenvalue weighted by Crippen LogP contribution is 2.38. The number of nitrogens with two attached hydrogens (primary N) is 1. The quantitative estimate of drug-likeness (QED) is 0.483. The first-order chi connectivity index (χ1) is 4.29. The molecule has 1 aliphatic carbocycles. The van der Waals surface area contributed by atoms with Gasteiger partial charge in [-0.15, -0.1) is 0 Å². The fourth-order valence-electron chi connectivity index (χ4n) is 0.686. The molecule has 0 saturated heterocycles. The molecule has 4 nitrogen and oxygen atoms in total. The van der Waals surface area contributed by atoms with Crippen molar-refractivity contribution in [1.29, 1.82) is 5.26 Å². The highest BCUT2D eigenvalue weighted by molar-refractivity contribution is 5.76. The molecule has 0 radical (unpaired) electrons. The average molecular weight is 126 g/mol. The van der Waals surface area contributed by atoms with Crippen molar-refractivity contribution >= 4 is 5.97 Å². The van der Waals surface area contributed by atoms with Crippen LogP contribution in [0, 0.1) is 23.2 Å². The molecule has 9 heavy (non-hydrogen) atoms. The van der Waals surface area contributed by atoms with Crippen molar-refractivity contribution < 1.29 is 9.63 Å². The lowest BCUT2D eigenvalue weighted by molar-refractivity contribution is -0.145. The second kappa shape index (κ2) is 2.03. The zero-order valence-electron chi connectivity index (χ0n) is 4.70. The minimum absolute atomic E-state index is 0.152. The Morgan fingerprint density at radius 3 is 2.89 bits per heavy atom. The first-order valence-electron chi connectivity index (χ1n) is 2.59. The van der Waals surface area contributed by atoms with Gasteiger partial charge in [-0.3, -0.25) is 4.79 Å². The van der Waals surface area contributed by atoms with Crippen LogP contribution < -0.4 is 5.90 Å². The first kappa shape index (κ1) is 6.05. The van der Waals surface area contributed by atoms with Crippen molar-refractivity contribution in [2.45, 2.75) is 6.42 Å². The van der Waals surface area contributed by atoms with Crippen LogP contribution in [0.3, 0.4) is 0 Å². The normalized spacial score (nSPS) is 30.7. The average Bonchev–Trinajstić information content (AvgIpc) is 2.64. The summed E-state index contributed by atoms with van der Waals surface area (Å²) in [5.41, 5.74) is 0. The van der Waals surface area contributed by atoms with E-state index in [1.165, 1.54) is 0 Å². The summed E-state index contributed by atoms with van der Waals surface area (Å²) in [7, 11) is 0. The zero-order valence-corrected chi connectivity index (χ0v) is 4.70. The van der Waals surface area contributed by atoms with Crippen molar-refractivity contribution in [1.82, 2.24) is 0 Å². The molecule has 0 aromatic rings. The van der Waals surface area contributed by atoms with E-state index in [0.717, 1.165) is 0 Å². The highest BCUT2D eigenvalue weighted by atomic mass is 16.7. The molecule has 0 spiro atoms. The first-order valence-corrected chi connectivity index (χ1v) is 2.59. The predicted molar refractivity (Wildman–Crippen MR) is 27.5 cm³/mol. The largest absolute Gasteiger partial charge is 0.373 e. The van der Waals surface area contributed by atoms with Gasteiger partial charge in [0.15, 0.2) is 0 Å². The monoisotopic (exact) mass is 126 g/mol. The Balaban J connectivity index is 2.36. The topological polar surface area (TPSA) is 76.1 Å². The van der Waals surface area contributed by atoms with Crippen LogP contribution in [0.5, 0.6) is 0 Å². The molecular formula is C5H6N2O2. The SMILES string of the molecule is N#CC1CC1C(=O)ON. The number of nitrogens with zero attached hydrogens (tertiary/aromatic N) is 1. The maximum atomic E-state index is 10.4. The summed E-state index contributed by atoms with van der Waals surface area (Å²) in [5, 5.41) is 8.22. The second-order valence-electron chi connectivity index (χ2n) is 2.01. The zero-order chi connectivity index (χ0) is 6.85. The molecule has 0 aliphatic heterocycles. The van der Waals surface area contributed by atoms with Gasteiger partial charge in [-0.25, -0.2) is 0 Å². The third-order valence-electron chi connectivity index (χ3n) is 1.38. The molecule has 0 amide bonds. The minimum atomic E-state index is -0.471. The molecular weight excluding hydrogens is 120 g/mol. The van der Waals surface area contributed by atoms with E-state index in [2.05, 4.69) is 10.7 Å². The Bertz CT molecular complexity index is 172. The molecule has 2 atom stereocenters. The lowest BCUT2D eigenvalue weighted by Gasteiger charge is -1.89. The number of rotatable bonds is 1. The van der Waals surface area contributed by atoms with Gasteiger partial charge in [0, 0.05) is 0 Å². The summed E-state index contributed by atoms with van der Waals surface area (Å²) in [6.45, 7) is 0. The van der Waals surface area contributed by atoms with Crippen molar-refractivity contribution in [2.75, 3.05) is 0 Å². The van der Waals surface area contributed by atoms with E-state index in [4.69, 9.17) is 5.26 Å². The Kier molecular flexibility index (Phi) is 1.37. The molecule has 1 aliphatic rings. The van der Waals surface area contributed by atoms with Crippen LogP contribution >= 0.6 is 0 Å². The van der Waals surface area contributed by atoms with E-state index < -0.39 is 5.97 Å². The van der Waals surface area contributed by atoms with Crippen LogP contribution in [0.25, 0.3) is 0 Å². The van der Waals surface area contributed by atoms with Gasteiger partial charge in [0.1, 0.15) is 0 Å². The predicted octanol–water partition coefficient (Wildman–Crippen LogP) is -0.437. The van der Waals surface area contributed by atoms with Gasteiger partial charge in [-0.1, -0.05) is 0 Å². The van der Waals surface area contributed by atoms with Crippen LogP contribution in [0.1, 0.15) is 6.42 Å².